The topological polar surface area (TPSA) is 50.4 Å². The Morgan fingerprint density at radius 2 is 1.38 bits per heavy atom. The van der Waals surface area contributed by atoms with E-state index in [0.29, 0.717) is 5.69 Å². The number of hydrogen-bond donors (Lipinski definition) is 2. The van der Waals surface area contributed by atoms with Gasteiger partial charge in [-0.2, -0.15) is 0 Å². The molecule has 3 aromatic carbocycles. The summed E-state index contributed by atoms with van der Waals surface area (Å²) in [7, 11) is 0. The molecule has 32 heavy (non-hydrogen) atoms. The number of rotatable bonds is 5. The van der Waals surface area contributed by atoms with E-state index in [2.05, 4.69) is 36.1 Å². The highest BCUT2D eigenvalue weighted by Crippen LogP contribution is 2.27. The van der Waals surface area contributed by atoms with Crippen LogP contribution >= 0.6 is 0 Å². The van der Waals surface area contributed by atoms with E-state index in [1.54, 1.807) is 0 Å². The summed E-state index contributed by atoms with van der Waals surface area (Å²) in [5.41, 5.74) is 3.34. The summed E-state index contributed by atoms with van der Waals surface area (Å²) in [6, 6.07) is 21.7. The molecule has 3 aromatic rings. The lowest BCUT2D eigenvalue weighted by Crippen LogP contribution is -2.33. The van der Waals surface area contributed by atoms with Crippen LogP contribution in [0.1, 0.15) is 43.5 Å². The minimum atomic E-state index is -4.77. The fourth-order valence-corrected chi connectivity index (χ4v) is 3.22. The van der Waals surface area contributed by atoms with E-state index in [9.17, 15) is 18.0 Å². The van der Waals surface area contributed by atoms with Crippen LogP contribution in [-0.2, 0) is 5.41 Å². The van der Waals surface area contributed by atoms with E-state index < -0.39 is 18.4 Å². The number of hydrogen-bond acceptors (Lipinski definition) is 2. The average molecular weight is 442 g/mol. The smallest absolute Gasteiger partial charge is 0.406 e. The van der Waals surface area contributed by atoms with Crippen molar-refractivity contribution < 1.29 is 22.7 Å². The predicted molar refractivity (Wildman–Crippen MR) is 119 cm³/mol. The molecule has 0 aliphatic carbocycles. The lowest BCUT2D eigenvalue weighted by molar-refractivity contribution is -0.274. The van der Waals surface area contributed by atoms with Gasteiger partial charge in [0.1, 0.15) is 5.75 Å². The van der Waals surface area contributed by atoms with Gasteiger partial charge in [0.15, 0.2) is 0 Å². The third-order valence-corrected chi connectivity index (χ3v) is 4.86. The maximum Gasteiger partial charge on any atom is 0.573 e. The largest absolute Gasteiger partial charge is 0.573 e. The molecule has 0 spiro atoms. The first-order chi connectivity index (χ1) is 15.0. The van der Waals surface area contributed by atoms with Gasteiger partial charge >= 0.3 is 12.4 Å². The van der Waals surface area contributed by atoms with Crippen molar-refractivity contribution in [1.29, 1.82) is 0 Å². The summed E-state index contributed by atoms with van der Waals surface area (Å²) in [6.45, 7) is 6.40. The summed E-state index contributed by atoms with van der Waals surface area (Å²) in [6.07, 6.45) is -4.77. The van der Waals surface area contributed by atoms with Gasteiger partial charge in [-0.25, -0.2) is 4.79 Å². The highest BCUT2D eigenvalue weighted by molar-refractivity contribution is 5.89. The van der Waals surface area contributed by atoms with E-state index in [-0.39, 0.29) is 11.2 Å². The molecule has 0 bridgehead atoms. The van der Waals surface area contributed by atoms with Crippen LogP contribution in [-0.4, -0.2) is 12.4 Å². The monoisotopic (exact) mass is 442 g/mol. The van der Waals surface area contributed by atoms with Crippen LogP contribution in [0.2, 0.25) is 0 Å². The highest BCUT2D eigenvalue weighted by Gasteiger charge is 2.31. The van der Waals surface area contributed by atoms with Gasteiger partial charge in [-0.1, -0.05) is 75.4 Å². The first-order valence-electron chi connectivity index (χ1n) is 10.1. The second kappa shape index (κ2) is 9.34. The van der Waals surface area contributed by atoms with Crippen molar-refractivity contribution >= 4 is 11.7 Å². The van der Waals surface area contributed by atoms with Crippen LogP contribution in [0.5, 0.6) is 5.75 Å². The molecule has 4 nitrogen and oxygen atoms in total. The van der Waals surface area contributed by atoms with E-state index in [1.807, 2.05) is 54.6 Å². The molecule has 0 saturated carbocycles. The SMILES string of the molecule is CC(C)(C)c1ccc(C(NC(=O)Nc2ccc(OC(F)(F)F)cc2)c2ccccc2)cc1. The van der Waals surface area contributed by atoms with Crippen molar-refractivity contribution in [1.82, 2.24) is 5.32 Å². The number of ether oxygens (including phenoxy) is 1. The Morgan fingerprint density at radius 3 is 1.91 bits per heavy atom. The molecular formula is C25H25F3N2O2. The number of carbonyl (C=O) groups excluding carboxylic acids is 1. The van der Waals surface area contributed by atoms with Crippen LogP contribution in [0.15, 0.2) is 78.9 Å². The molecule has 0 aliphatic heterocycles. The molecule has 0 aliphatic rings. The summed E-state index contributed by atoms with van der Waals surface area (Å²) < 4.78 is 40.8. The number of carbonyl (C=O) groups is 1. The van der Waals surface area contributed by atoms with Crippen LogP contribution in [0, 0.1) is 0 Å². The molecule has 1 unspecified atom stereocenters. The Morgan fingerprint density at radius 1 is 0.812 bits per heavy atom. The number of halogens is 3. The lowest BCUT2D eigenvalue weighted by atomic mass is 9.86. The minimum absolute atomic E-state index is 0.00751. The van der Waals surface area contributed by atoms with Crippen LogP contribution in [0.4, 0.5) is 23.7 Å². The van der Waals surface area contributed by atoms with Gasteiger partial charge in [0.25, 0.3) is 0 Å². The van der Waals surface area contributed by atoms with Crippen molar-refractivity contribution in [3.63, 3.8) is 0 Å². The number of anilines is 1. The third kappa shape index (κ3) is 6.51. The molecular weight excluding hydrogens is 417 g/mol. The van der Waals surface area contributed by atoms with Crippen molar-refractivity contribution in [3.05, 3.63) is 95.6 Å². The quantitative estimate of drug-likeness (QED) is 0.457. The summed E-state index contributed by atoms with van der Waals surface area (Å²) in [5.74, 6) is -0.357. The number of benzene rings is 3. The maximum absolute atomic E-state index is 12.7. The Kier molecular flexibility index (Phi) is 6.77. The van der Waals surface area contributed by atoms with Crippen LogP contribution in [0.3, 0.4) is 0 Å². The summed E-state index contributed by atoms with van der Waals surface area (Å²) in [4.78, 5) is 12.7. The molecule has 0 fully saturated rings. The number of alkyl halides is 3. The number of nitrogens with one attached hydrogen (secondary N) is 2. The zero-order chi connectivity index (χ0) is 23.4. The Labute approximate surface area is 185 Å². The number of amides is 2. The second-order valence-corrected chi connectivity index (χ2v) is 8.39. The van der Waals surface area contributed by atoms with E-state index >= 15 is 0 Å². The maximum atomic E-state index is 12.7. The average Bonchev–Trinajstić information content (AvgIpc) is 2.72. The van der Waals surface area contributed by atoms with Crippen molar-refractivity contribution in [2.45, 2.75) is 38.6 Å². The Bertz CT molecular complexity index is 1030. The van der Waals surface area contributed by atoms with Gasteiger partial charge in [-0.05, 0) is 46.4 Å². The molecule has 7 heteroatoms. The van der Waals surface area contributed by atoms with E-state index in [4.69, 9.17) is 0 Å². The molecule has 2 amide bonds. The Balaban J connectivity index is 1.76. The van der Waals surface area contributed by atoms with Gasteiger partial charge in [0, 0.05) is 5.69 Å². The van der Waals surface area contributed by atoms with Gasteiger partial charge in [-0.3, -0.25) is 0 Å². The highest BCUT2D eigenvalue weighted by atomic mass is 19.4. The zero-order valence-electron chi connectivity index (χ0n) is 18.0. The molecule has 0 radical (unpaired) electrons. The molecule has 3 rings (SSSR count). The number of urea groups is 1. The van der Waals surface area contributed by atoms with Crippen molar-refractivity contribution in [3.8, 4) is 5.75 Å². The third-order valence-electron chi connectivity index (χ3n) is 4.86. The van der Waals surface area contributed by atoms with Gasteiger partial charge in [-0.15, -0.1) is 13.2 Å². The molecule has 0 saturated heterocycles. The fourth-order valence-electron chi connectivity index (χ4n) is 3.22. The van der Waals surface area contributed by atoms with Crippen molar-refractivity contribution in [2.24, 2.45) is 0 Å². The normalized spacial score (nSPS) is 12.7. The lowest BCUT2D eigenvalue weighted by Gasteiger charge is -2.23. The van der Waals surface area contributed by atoms with Crippen LogP contribution < -0.4 is 15.4 Å². The molecule has 0 heterocycles. The first kappa shape index (κ1) is 23.2. The van der Waals surface area contributed by atoms with Gasteiger partial charge < -0.3 is 15.4 Å². The van der Waals surface area contributed by atoms with Gasteiger partial charge in [0.05, 0.1) is 6.04 Å². The first-order valence-corrected chi connectivity index (χ1v) is 10.1. The van der Waals surface area contributed by atoms with E-state index in [0.717, 1.165) is 23.3 Å². The molecule has 168 valence electrons. The minimum Gasteiger partial charge on any atom is -0.406 e. The fraction of sp³-hybridized carbons (Fsp3) is 0.240. The van der Waals surface area contributed by atoms with E-state index in [1.165, 1.54) is 17.7 Å². The standard InChI is InChI=1S/C25H25F3N2O2/c1-24(2,3)19-11-9-18(10-12-19)22(17-7-5-4-6-8-17)30-23(31)29-20-13-15-21(16-14-20)32-25(26,27)28/h4-16,22H,1-3H3,(H2,29,30,31). The Hall–Kier alpha value is -3.48. The predicted octanol–water partition coefficient (Wildman–Crippen LogP) is 6.79. The van der Waals surface area contributed by atoms with Gasteiger partial charge in [0.2, 0.25) is 0 Å². The molecule has 0 aromatic heterocycles. The van der Waals surface area contributed by atoms with Crippen LogP contribution in [0.25, 0.3) is 0 Å². The summed E-state index contributed by atoms with van der Waals surface area (Å²) >= 11 is 0. The second-order valence-electron chi connectivity index (χ2n) is 8.39. The molecule has 2 N–H and O–H groups in total. The van der Waals surface area contributed by atoms with Crippen molar-refractivity contribution in [2.75, 3.05) is 5.32 Å². The summed E-state index contributed by atoms with van der Waals surface area (Å²) in [5, 5.41) is 5.60. The zero-order valence-corrected chi connectivity index (χ0v) is 18.0. The molecule has 1 atom stereocenters.